The molecule has 1 amide bonds. The number of ether oxygens (including phenoxy) is 2. The summed E-state index contributed by atoms with van der Waals surface area (Å²) in [6.45, 7) is 11.5. The first kappa shape index (κ1) is 34.4. The highest BCUT2D eigenvalue weighted by Gasteiger charge is 2.33. The number of benzodiazepines with no additional fused rings is 1. The summed E-state index contributed by atoms with van der Waals surface area (Å²) in [5.74, 6) is 0.548. The Labute approximate surface area is 284 Å². The summed E-state index contributed by atoms with van der Waals surface area (Å²) in [6.07, 6.45) is 5.85. The number of aromatic nitrogens is 3. The SMILES string of the molecule is CC=CC(CCC1N=C(c2cnc3[nH]c(=O)n(C(=O)OC(C)(C)C)c3c2)c2cc(Cl)ccc2N(Cc2ccc(OC)cc2)C1=O)=C(C)C. The quantitative estimate of drug-likeness (QED) is 0.193. The van der Waals surface area contributed by atoms with Crippen LogP contribution in [-0.4, -0.2) is 51.0 Å². The molecular weight excluding hydrogens is 630 g/mol. The number of pyridine rings is 1. The van der Waals surface area contributed by atoms with Crippen LogP contribution in [0.2, 0.25) is 5.02 Å². The van der Waals surface area contributed by atoms with Crippen molar-refractivity contribution in [3.63, 3.8) is 0 Å². The number of amides is 1. The third kappa shape index (κ3) is 7.44. The molecule has 1 aliphatic rings. The number of nitrogens with zero attached hydrogens (tertiary/aromatic N) is 4. The lowest BCUT2D eigenvalue weighted by Gasteiger charge is -2.26. The molecule has 10 nitrogen and oxygen atoms in total. The number of carbonyl (C=O) groups excluding carboxylic acids is 2. The Kier molecular flexibility index (Phi) is 10.0. The molecule has 1 aliphatic heterocycles. The Morgan fingerprint density at radius 3 is 2.46 bits per heavy atom. The smallest absolute Gasteiger partial charge is 0.423 e. The number of aliphatic imine (C=N–C) groups is 1. The Hall–Kier alpha value is -4.96. The summed E-state index contributed by atoms with van der Waals surface area (Å²) < 4.78 is 11.8. The summed E-state index contributed by atoms with van der Waals surface area (Å²) in [7, 11) is 1.61. The summed E-state index contributed by atoms with van der Waals surface area (Å²) in [4.78, 5) is 54.5. The molecule has 11 heteroatoms. The maximum absolute atomic E-state index is 14.5. The second-order valence-electron chi connectivity index (χ2n) is 12.8. The van der Waals surface area contributed by atoms with Crippen molar-refractivity contribution in [3.8, 4) is 5.75 Å². The first-order valence-electron chi connectivity index (χ1n) is 15.7. The molecule has 2 aromatic carbocycles. The van der Waals surface area contributed by atoms with Crippen molar-refractivity contribution >= 4 is 46.2 Å². The van der Waals surface area contributed by atoms with E-state index in [1.54, 1.807) is 57.2 Å². The van der Waals surface area contributed by atoms with Gasteiger partial charge in [0.05, 0.1) is 25.1 Å². The van der Waals surface area contributed by atoms with E-state index in [-0.39, 0.29) is 23.6 Å². The van der Waals surface area contributed by atoms with Gasteiger partial charge in [0.2, 0.25) is 0 Å². The maximum Gasteiger partial charge on any atom is 0.423 e. The molecule has 0 bridgehead atoms. The zero-order valence-electron chi connectivity index (χ0n) is 28.3. The molecule has 5 rings (SSSR count). The van der Waals surface area contributed by atoms with Crippen LogP contribution in [0.25, 0.3) is 11.2 Å². The number of halogens is 1. The second kappa shape index (κ2) is 14.0. The van der Waals surface area contributed by atoms with Gasteiger partial charge in [-0.3, -0.25) is 14.8 Å². The van der Waals surface area contributed by atoms with Crippen LogP contribution in [0.15, 0.2) is 87.8 Å². The van der Waals surface area contributed by atoms with Gasteiger partial charge in [-0.25, -0.2) is 14.6 Å². The summed E-state index contributed by atoms with van der Waals surface area (Å²) in [6, 6.07) is 13.8. The van der Waals surface area contributed by atoms with Crippen LogP contribution >= 0.6 is 11.6 Å². The normalized spacial score (nSPS) is 14.9. The molecule has 0 saturated carbocycles. The lowest BCUT2D eigenvalue weighted by atomic mass is 10.00. The number of rotatable bonds is 8. The first-order chi connectivity index (χ1) is 22.8. The second-order valence-corrected chi connectivity index (χ2v) is 13.3. The molecule has 0 fully saturated rings. The van der Waals surface area contributed by atoms with E-state index in [4.69, 9.17) is 26.1 Å². The van der Waals surface area contributed by atoms with E-state index in [9.17, 15) is 14.4 Å². The molecule has 0 saturated heterocycles. The van der Waals surface area contributed by atoms with Crippen molar-refractivity contribution in [2.45, 2.75) is 72.6 Å². The lowest BCUT2D eigenvalue weighted by Crippen LogP contribution is -2.37. The monoisotopic (exact) mass is 669 g/mol. The molecule has 0 aliphatic carbocycles. The van der Waals surface area contributed by atoms with E-state index in [0.29, 0.717) is 46.1 Å². The largest absolute Gasteiger partial charge is 0.497 e. The number of fused-ring (bicyclic) bond motifs is 2. The Balaban J connectivity index is 1.69. The van der Waals surface area contributed by atoms with Crippen LogP contribution in [0.1, 0.15) is 71.1 Å². The standard InChI is InChI=1S/C37H40ClN5O5/c1-8-9-24(22(2)3)12-16-29-34(44)42(21-23-10-14-27(47-7)15-11-23)30-17-13-26(38)19-28(30)32(40-29)25-18-31-33(39-20-25)41-35(45)43(31)36(46)48-37(4,5)6/h8-11,13-15,17-20,29H,12,16,21H2,1-7H3,(H,39,41,45). The number of hydrogen-bond acceptors (Lipinski definition) is 7. The van der Waals surface area contributed by atoms with E-state index >= 15 is 0 Å². The zero-order chi connectivity index (χ0) is 34.7. The first-order valence-corrected chi connectivity index (χ1v) is 16.1. The van der Waals surface area contributed by atoms with Crippen LogP contribution in [-0.2, 0) is 16.1 Å². The van der Waals surface area contributed by atoms with E-state index in [0.717, 1.165) is 21.3 Å². The predicted molar refractivity (Wildman–Crippen MR) is 189 cm³/mol. The maximum atomic E-state index is 14.5. The molecular formula is C37H40ClN5O5. The number of methoxy groups -OCH3 is 1. The number of H-pyrrole nitrogens is 1. The van der Waals surface area contributed by atoms with Crippen molar-refractivity contribution in [3.05, 3.63) is 110 Å². The average molecular weight is 670 g/mol. The van der Waals surface area contributed by atoms with Crippen molar-refractivity contribution in [2.24, 2.45) is 4.99 Å². The van der Waals surface area contributed by atoms with E-state index in [2.05, 4.69) is 29.9 Å². The molecule has 0 spiro atoms. The molecule has 1 unspecified atom stereocenters. The topological polar surface area (TPSA) is 119 Å². The number of aromatic amines is 1. The number of benzene rings is 2. The zero-order valence-corrected chi connectivity index (χ0v) is 29.0. The molecule has 4 aromatic rings. The van der Waals surface area contributed by atoms with Gasteiger partial charge in [0.1, 0.15) is 22.9 Å². The highest BCUT2D eigenvalue weighted by atomic mass is 35.5. The molecule has 1 atom stereocenters. The summed E-state index contributed by atoms with van der Waals surface area (Å²) >= 11 is 6.58. The number of carbonyl (C=O) groups is 2. The Morgan fingerprint density at radius 1 is 1.08 bits per heavy atom. The van der Waals surface area contributed by atoms with Gasteiger partial charge < -0.3 is 14.4 Å². The highest BCUT2D eigenvalue weighted by molar-refractivity contribution is 6.32. The molecule has 250 valence electrons. The molecule has 1 N–H and O–H groups in total. The minimum Gasteiger partial charge on any atom is -0.497 e. The fourth-order valence-corrected chi connectivity index (χ4v) is 5.78. The third-order valence-corrected chi connectivity index (χ3v) is 8.16. The minimum atomic E-state index is -0.832. The lowest BCUT2D eigenvalue weighted by molar-refractivity contribution is -0.120. The van der Waals surface area contributed by atoms with Gasteiger partial charge in [-0.05, 0) is 102 Å². The minimum absolute atomic E-state index is 0.167. The van der Waals surface area contributed by atoms with Crippen LogP contribution in [0.4, 0.5) is 10.5 Å². The predicted octanol–water partition coefficient (Wildman–Crippen LogP) is 7.62. The van der Waals surface area contributed by atoms with Crippen molar-refractivity contribution < 1.29 is 19.1 Å². The number of allylic oxidation sites excluding steroid dienone is 4. The third-order valence-electron chi connectivity index (χ3n) is 7.92. The van der Waals surface area contributed by atoms with Gasteiger partial charge in [-0.15, -0.1) is 0 Å². The summed E-state index contributed by atoms with van der Waals surface area (Å²) in [5.41, 5.74) is 4.33. The number of hydrogen-bond donors (Lipinski definition) is 1. The van der Waals surface area contributed by atoms with Gasteiger partial charge in [0.25, 0.3) is 5.91 Å². The molecule has 2 aromatic heterocycles. The fourth-order valence-electron chi connectivity index (χ4n) is 5.61. The van der Waals surface area contributed by atoms with Crippen molar-refractivity contribution in [1.29, 1.82) is 0 Å². The molecule has 3 heterocycles. The average Bonchev–Trinajstić information content (AvgIpc) is 3.32. The number of imidazole rings is 1. The fraction of sp³-hybridized carbons (Fsp3) is 0.324. The van der Waals surface area contributed by atoms with Gasteiger partial charge >= 0.3 is 11.8 Å². The van der Waals surface area contributed by atoms with Crippen molar-refractivity contribution in [2.75, 3.05) is 12.0 Å². The Bertz CT molecular complexity index is 2010. The van der Waals surface area contributed by atoms with Crippen LogP contribution in [0.5, 0.6) is 5.75 Å². The Morgan fingerprint density at radius 2 is 1.81 bits per heavy atom. The highest BCUT2D eigenvalue weighted by Crippen LogP contribution is 2.34. The van der Waals surface area contributed by atoms with Crippen molar-refractivity contribution in [1.82, 2.24) is 14.5 Å². The van der Waals surface area contributed by atoms with Gasteiger partial charge in [-0.2, -0.15) is 4.57 Å². The summed E-state index contributed by atoms with van der Waals surface area (Å²) in [5, 5.41) is 0.456. The number of anilines is 1. The molecule has 0 radical (unpaired) electrons. The van der Waals surface area contributed by atoms with Crippen LogP contribution < -0.4 is 15.3 Å². The van der Waals surface area contributed by atoms with Crippen LogP contribution in [0, 0.1) is 0 Å². The molecule has 48 heavy (non-hydrogen) atoms. The van der Waals surface area contributed by atoms with E-state index < -0.39 is 23.4 Å². The number of nitrogens with one attached hydrogen (secondary N) is 1. The van der Waals surface area contributed by atoms with Gasteiger partial charge in [-0.1, -0.05) is 41.5 Å². The van der Waals surface area contributed by atoms with Crippen LogP contribution in [0.3, 0.4) is 0 Å². The van der Waals surface area contributed by atoms with Gasteiger partial charge in [0.15, 0.2) is 5.65 Å². The van der Waals surface area contributed by atoms with Gasteiger partial charge in [0, 0.05) is 22.3 Å². The van der Waals surface area contributed by atoms with E-state index in [1.807, 2.05) is 43.3 Å². The van der Waals surface area contributed by atoms with E-state index in [1.165, 1.54) is 0 Å².